The monoisotopic (exact) mass is 494 g/mol. The molecule has 0 aliphatic carbocycles. The molecule has 7 heteroatoms. The molecule has 0 aliphatic rings. The number of hydrogen-bond donors (Lipinski definition) is 1. The van der Waals surface area contributed by atoms with Crippen molar-refractivity contribution in [2.24, 2.45) is 5.10 Å². The fourth-order valence-corrected chi connectivity index (χ4v) is 3.98. The maximum Gasteiger partial charge on any atom is 0.307 e. The van der Waals surface area contributed by atoms with Gasteiger partial charge in [0.05, 0.1) is 19.9 Å². The average Bonchev–Trinajstić information content (AvgIpc) is 3.36. The molecule has 0 saturated heterocycles. The molecule has 0 bridgehead atoms. The van der Waals surface area contributed by atoms with Crippen LogP contribution in [0.5, 0.6) is 17.2 Å². The van der Waals surface area contributed by atoms with Crippen LogP contribution in [0.25, 0.3) is 21.7 Å². The Hall–Kier alpha value is -4.78. The van der Waals surface area contributed by atoms with E-state index in [1.165, 1.54) is 17.0 Å². The van der Waals surface area contributed by atoms with E-state index in [1.807, 2.05) is 37.3 Å². The Bertz CT molecular complexity index is 1590. The second-order valence-corrected chi connectivity index (χ2v) is 8.32. The maximum atomic E-state index is 12.5. The van der Waals surface area contributed by atoms with E-state index in [1.54, 1.807) is 31.4 Å². The molecule has 186 valence electrons. The van der Waals surface area contributed by atoms with Crippen LogP contribution in [0.2, 0.25) is 0 Å². The van der Waals surface area contributed by atoms with Crippen LogP contribution in [-0.4, -0.2) is 25.8 Å². The van der Waals surface area contributed by atoms with Crippen LogP contribution in [0, 0.1) is 0 Å². The average molecular weight is 495 g/mol. The summed E-state index contributed by atoms with van der Waals surface area (Å²) in [6, 6.07) is 27.0. The lowest BCUT2D eigenvalue weighted by Crippen LogP contribution is -2.16. The van der Waals surface area contributed by atoms with Crippen molar-refractivity contribution in [2.45, 2.75) is 13.5 Å². The molecular weight excluding hydrogens is 468 g/mol. The Morgan fingerprint density at radius 2 is 1.76 bits per heavy atom. The van der Waals surface area contributed by atoms with Gasteiger partial charge in [0, 0.05) is 5.39 Å². The van der Waals surface area contributed by atoms with Gasteiger partial charge in [-0.05, 0) is 77.4 Å². The molecule has 4 aromatic carbocycles. The first-order valence-corrected chi connectivity index (χ1v) is 11.9. The van der Waals surface area contributed by atoms with E-state index in [0.29, 0.717) is 30.3 Å². The summed E-state index contributed by atoms with van der Waals surface area (Å²) in [7, 11) is 1.58. The molecule has 37 heavy (non-hydrogen) atoms. The zero-order valence-electron chi connectivity index (χ0n) is 20.6. The summed E-state index contributed by atoms with van der Waals surface area (Å²) in [6.45, 7) is 2.89. The summed E-state index contributed by atoms with van der Waals surface area (Å²) in [4.78, 5) is 12.5. The third-order valence-corrected chi connectivity index (χ3v) is 5.80. The van der Waals surface area contributed by atoms with Crippen molar-refractivity contribution in [2.75, 3.05) is 13.7 Å². The maximum absolute atomic E-state index is 12.5. The lowest BCUT2D eigenvalue weighted by Gasteiger charge is -2.12. The fourth-order valence-electron chi connectivity index (χ4n) is 3.98. The van der Waals surface area contributed by atoms with Gasteiger partial charge < -0.3 is 18.6 Å². The van der Waals surface area contributed by atoms with Crippen molar-refractivity contribution in [1.29, 1.82) is 0 Å². The summed E-state index contributed by atoms with van der Waals surface area (Å²) >= 11 is 0. The molecule has 0 saturated carbocycles. The molecule has 0 radical (unpaired) electrons. The largest absolute Gasteiger partial charge is 0.494 e. The van der Waals surface area contributed by atoms with Gasteiger partial charge in [-0.15, -0.1) is 0 Å². The zero-order chi connectivity index (χ0) is 25.6. The Kier molecular flexibility index (Phi) is 7.03. The van der Waals surface area contributed by atoms with E-state index in [-0.39, 0.29) is 5.76 Å². The van der Waals surface area contributed by atoms with Gasteiger partial charge in [-0.25, -0.2) is 5.43 Å². The number of ether oxygens (including phenoxy) is 3. The van der Waals surface area contributed by atoms with Gasteiger partial charge in [-0.3, -0.25) is 4.79 Å². The molecule has 1 aromatic heterocycles. The summed E-state index contributed by atoms with van der Waals surface area (Å²) in [5.74, 6) is 1.62. The number of amides is 1. The summed E-state index contributed by atoms with van der Waals surface area (Å²) in [5.41, 5.74) is 4.89. The van der Waals surface area contributed by atoms with E-state index in [9.17, 15) is 4.79 Å². The minimum atomic E-state index is -0.451. The number of hydrazone groups is 1. The third kappa shape index (κ3) is 5.56. The highest BCUT2D eigenvalue weighted by molar-refractivity contribution is 5.96. The van der Waals surface area contributed by atoms with E-state index in [0.717, 1.165) is 22.3 Å². The number of nitrogens with zero attached hydrogens (tertiary/aromatic N) is 1. The van der Waals surface area contributed by atoms with E-state index < -0.39 is 5.91 Å². The molecule has 0 fully saturated rings. The van der Waals surface area contributed by atoms with Crippen molar-refractivity contribution in [3.8, 4) is 17.2 Å². The fraction of sp³-hybridized carbons (Fsp3) is 0.133. The molecule has 1 amide bonds. The third-order valence-electron chi connectivity index (χ3n) is 5.80. The van der Waals surface area contributed by atoms with Crippen LogP contribution in [0.4, 0.5) is 0 Å². The number of benzene rings is 4. The van der Waals surface area contributed by atoms with E-state index in [4.69, 9.17) is 18.6 Å². The quantitative estimate of drug-likeness (QED) is 0.191. The lowest BCUT2D eigenvalue weighted by atomic mass is 10.1. The lowest BCUT2D eigenvalue weighted by molar-refractivity contribution is 0.0929. The number of fused-ring (bicyclic) bond motifs is 2. The molecule has 0 atom stereocenters. The van der Waals surface area contributed by atoms with Gasteiger partial charge in [0.1, 0.15) is 17.9 Å². The molecule has 5 aromatic rings. The van der Waals surface area contributed by atoms with Crippen LogP contribution < -0.4 is 19.6 Å². The van der Waals surface area contributed by atoms with Crippen LogP contribution in [0.15, 0.2) is 94.4 Å². The zero-order valence-corrected chi connectivity index (χ0v) is 20.6. The number of carbonyl (C=O) groups is 1. The highest BCUT2D eigenvalue weighted by Crippen LogP contribution is 2.29. The number of hydrogen-bond acceptors (Lipinski definition) is 6. The second-order valence-electron chi connectivity index (χ2n) is 8.32. The number of nitrogens with one attached hydrogen (secondary N) is 1. The topological polar surface area (TPSA) is 82.3 Å². The van der Waals surface area contributed by atoms with Crippen molar-refractivity contribution < 1.29 is 23.4 Å². The molecule has 7 nitrogen and oxygen atoms in total. The van der Waals surface area contributed by atoms with Gasteiger partial charge >= 0.3 is 5.91 Å². The standard InChI is InChI=1S/C30H26N2O5/c1-3-35-25-11-13-26-24(16-25)17-29(37-26)30(33)32-31-18-20-9-12-27(28(15-20)34-2)36-19-21-8-10-22-6-4-5-7-23(22)14-21/h4-18H,3,19H2,1-2H3,(H,32,33)/b31-18+. The van der Waals surface area contributed by atoms with Crippen LogP contribution in [0.3, 0.4) is 0 Å². The highest BCUT2D eigenvalue weighted by atomic mass is 16.5. The minimum Gasteiger partial charge on any atom is -0.494 e. The molecular formula is C30H26N2O5. The Labute approximate surface area is 214 Å². The number of rotatable bonds is 9. The SMILES string of the molecule is CCOc1ccc2oc(C(=O)N/N=C/c3ccc(OCc4ccc5ccccc5c4)c(OC)c3)cc2c1. The predicted molar refractivity (Wildman–Crippen MR) is 144 cm³/mol. The Balaban J connectivity index is 1.22. The molecule has 1 heterocycles. The van der Waals surface area contributed by atoms with E-state index >= 15 is 0 Å². The smallest absolute Gasteiger partial charge is 0.307 e. The molecule has 0 spiro atoms. The van der Waals surface area contributed by atoms with Gasteiger partial charge in [0.25, 0.3) is 0 Å². The van der Waals surface area contributed by atoms with Gasteiger partial charge in [-0.1, -0.05) is 36.4 Å². The number of carbonyl (C=O) groups excluding carboxylic acids is 1. The first kappa shape index (κ1) is 23.9. The molecule has 5 rings (SSSR count). The molecule has 0 aliphatic heterocycles. The van der Waals surface area contributed by atoms with Crippen LogP contribution in [0.1, 0.15) is 28.6 Å². The van der Waals surface area contributed by atoms with Crippen molar-refractivity contribution in [3.63, 3.8) is 0 Å². The van der Waals surface area contributed by atoms with Crippen LogP contribution in [-0.2, 0) is 6.61 Å². The predicted octanol–water partition coefficient (Wildman–Crippen LogP) is 6.34. The van der Waals surface area contributed by atoms with Gasteiger partial charge in [0.15, 0.2) is 17.3 Å². The van der Waals surface area contributed by atoms with E-state index in [2.05, 4.69) is 40.9 Å². The minimum absolute atomic E-state index is 0.163. The second kappa shape index (κ2) is 10.9. The van der Waals surface area contributed by atoms with Crippen LogP contribution >= 0.6 is 0 Å². The molecule has 0 unspecified atom stereocenters. The number of furan rings is 1. The van der Waals surface area contributed by atoms with Gasteiger partial charge in [0.2, 0.25) is 0 Å². The van der Waals surface area contributed by atoms with Crippen molar-refractivity contribution >= 4 is 33.9 Å². The summed E-state index contributed by atoms with van der Waals surface area (Å²) in [5, 5.41) is 7.20. The Morgan fingerprint density at radius 1 is 0.892 bits per heavy atom. The molecule has 1 N–H and O–H groups in total. The van der Waals surface area contributed by atoms with Gasteiger partial charge in [-0.2, -0.15) is 5.10 Å². The Morgan fingerprint density at radius 3 is 2.59 bits per heavy atom. The normalized spacial score (nSPS) is 11.2. The summed E-state index contributed by atoms with van der Waals surface area (Å²) in [6.07, 6.45) is 1.53. The summed E-state index contributed by atoms with van der Waals surface area (Å²) < 4.78 is 22.6. The first-order valence-electron chi connectivity index (χ1n) is 11.9. The number of methoxy groups -OCH3 is 1. The van der Waals surface area contributed by atoms with Crippen molar-refractivity contribution in [3.05, 3.63) is 102 Å². The highest BCUT2D eigenvalue weighted by Gasteiger charge is 2.12. The first-order chi connectivity index (χ1) is 18.1. The van der Waals surface area contributed by atoms with Crippen molar-refractivity contribution in [1.82, 2.24) is 5.43 Å².